The third-order valence-electron chi connectivity index (χ3n) is 4.21. The first kappa shape index (κ1) is 19.1. The second-order valence-electron chi connectivity index (χ2n) is 6.34. The number of benzene rings is 2. The van der Waals surface area contributed by atoms with Gasteiger partial charge in [0.15, 0.2) is 0 Å². The van der Waals surface area contributed by atoms with Gasteiger partial charge in [0.2, 0.25) is 5.95 Å². The summed E-state index contributed by atoms with van der Waals surface area (Å²) in [6, 6.07) is 20.6. The van der Waals surface area contributed by atoms with Gasteiger partial charge in [0, 0.05) is 24.5 Å². The number of rotatable bonds is 6. The van der Waals surface area contributed by atoms with Crippen LogP contribution in [-0.4, -0.2) is 22.4 Å². The molecule has 2 aromatic carbocycles. The van der Waals surface area contributed by atoms with E-state index in [1.165, 1.54) is 0 Å². The number of amides is 1. The molecular formula is C22H21N5O. The molecule has 0 aliphatic heterocycles. The van der Waals surface area contributed by atoms with Crippen molar-refractivity contribution in [3.05, 3.63) is 83.2 Å². The van der Waals surface area contributed by atoms with E-state index in [0.29, 0.717) is 36.0 Å². The molecule has 0 radical (unpaired) electrons. The van der Waals surface area contributed by atoms with Crippen LogP contribution in [0.4, 0.5) is 11.6 Å². The maximum Gasteiger partial charge on any atom is 0.274 e. The lowest BCUT2D eigenvalue weighted by atomic mass is 10.2. The van der Waals surface area contributed by atoms with E-state index >= 15 is 0 Å². The Labute approximate surface area is 164 Å². The van der Waals surface area contributed by atoms with Crippen LogP contribution in [0.5, 0.6) is 0 Å². The quantitative estimate of drug-likeness (QED) is 0.710. The summed E-state index contributed by atoms with van der Waals surface area (Å²) in [5, 5.41) is 11.8. The van der Waals surface area contributed by atoms with Gasteiger partial charge in [-0.25, -0.2) is 9.97 Å². The fourth-order valence-corrected chi connectivity index (χ4v) is 2.80. The highest BCUT2D eigenvalue weighted by molar-refractivity contribution is 6.03. The molecule has 140 valence electrons. The van der Waals surface area contributed by atoms with Crippen LogP contribution in [0.1, 0.15) is 34.2 Å². The average Bonchev–Trinajstić information content (AvgIpc) is 2.72. The maximum atomic E-state index is 12.7. The number of anilines is 2. The van der Waals surface area contributed by atoms with E-state index in [-0.39, 0.29) is 11.6 Å². The molecule has 0 saturated heterocycles. The van der Waals surface area contributed by atoms with Crippen molar-refractivity contribution in [3.63, 3.8) is 0 Å². The van der Waals surface area contributed by atoms with Crippen molar-refractivity contribution in [2.45, 2.75) is 20.4 Å². The zero-order chi connectivity index (χ0) is 19.9. The van der Waals surface area contributed by atoms with Gasteiger partial charge in [-0.3, -0.25) is 4.79 Å². The van der Waals surface area contributed by atoms with Gasteiger partial charge >= 0.3 is 0 Å². The second-order valence-corrected chi connectivity index (χ2v) is 6.34. The number of aromatic nitrogens is 2. The topological polar surface area (TPSA) is 81.9 Å². The number of carbonyl (C=O) groups is 1. The first-order chi connectivity index (χ1) is 13.6. The molecule has 0 saturated carbocycles. The third kappa shape index (κ3) is 4.71. The van der Waals surface area contributed by atoms with Crippen LogP contribution < -0.4 is 10.2 Å². The maximum absolute atomic E-state index is 12.7. The fraction of sp³-hybridized carbons (Fsp3) is 0.182. The van der Waals surface area contributed by atoms with Gasteiger partial charge in [0.1, 0.15) is 5.69 Å². The summed E-state index contributed by atoms with van der Waals surface area (Å²) < 4.78 is 0. The Hall–Kier alpha value is -3.72. The van der Waals surface area contributed by atoms with Gasteiger partial charge in [-0.05, 0) is 43.7 Å². The zero-order valence-corrected chi connectivity index (χ0v) is 15.9. The predicted molar refractivity (Wildman–Crippen MR) is 109 cm³/mol. The summed E-state index contributed by atoms with van der Waals surface area (Å²) in [6.07, 6.45) is 0. The highest BCUT2D eigenvalue weighted by atomic mass is 16.1. The molecule has 1 heterocycles. The molecular weight excluding hydrogens is 350 g/mol. The van der Waals surface area contributed by atoms with Crippen molar-refractivity contribution in [1.29, 1.82) is 5.26 Å². The van der Waals surface area contributed by atoms with Crippen LogP contribution in [0.25, 0.3) is 0 Å². The number of hydrogen-bond acceptors (Lipinski definition) is 5. The van der Waals surface area contributed by atoms with Crippen LogP contribution in [0.2, 0.25) is 0 Å². The van der Waals surface area contributed by atoms with Gasteiger partial charge < -0.3 is 10.2 Å². The van der Waals surface area contributed by atoms with Crippen molar-refractivity contribution in [2.24, 2.45) is 0 Å². The van der Waals surface area contributed by atoms with Crippen molar-refractivity contribution < 1.29 is 4.79 Å². The summed E-state index contributed by atoms with van der Waals surface area (Å²) in [4.78, 5) is 23.7. The van der Waals surface area contributed by atoms with Crippen LogP contribution in [0, 0.1) is 18.3 Å². The second kappa shape index (κ2) is 8.78. The van der Waals surface area contributed by atoms with Crippen molar-refractivity contribution in [2.75, 3.05) is 16.8 Å². The minimum absolute atomic E-state index is 0.288. The normalized spacial score (nSPS) is 10.2. The molecule has 0 aliphatic carbocycles. The van der Waals surface area contributed by atoms with Crippen molar-refractivity contribution in [1.82, 2.24) is 9.97 Å². The van der Waals surface area contributed by atoms with Crippen LogP contribution >= 0.6 is 0 Å². The number of nitrogens with one attached hydrogen (secondary N) is 1. The van der Waals surface area contributed by atoms with Gasteiger partial charge in [0.25, 0.3) is 5.91 Å². The summed E-state index contributed by atoms with van der Waals surface area (Å²) in [5.74, 6) is 0.180. The first-order valence-corrected chi connectivity index (χ1v) is 9.05. The number of nitrogens with zero attached hydrogens (tertiary/aromatic N) is 4. The number of aryl methyl sites for hydroxylation is 1. The molecule has 3 rings (SSSR count). The van der Waals surface area contributed by atoms with Gasteiger partial charge in [0.05, 0.1) is 11.6 Å². The molecule has 1 N–H and O–H groups in total. The molecule has 0 fully saturated rings. The Bertz CT molecular complexity index is 1010. The molecule has 1 aromatic heterocycles. The van der Waals surface area contributed by atoms with Crippen LogP contribution in [0.15, 0.2) is 60.7 Å². The average molecular weight is 371 g/mol. The third-order valence-corrected chi connectivity index (χ3v) is 4.21. The fourth-order valence-electron chi connectivity index (χ4n) is 2.80. The molecule has 28 heavy (non-hydrogen) atoms. The summed E-state index contributed by atoms with van der Waals surface area (Å²) >= 11 is 0. The standard InChI is InChI=1S/C22H21N5O/c1-3-27(15-17-8-5-4-6-9-17)22-24-16(2)12-20(26-22)21(28)25-19-11-7-10-18(13-19)14-23/h4-13H,3,15H2,1-2H3,(H,25,28). The summed E-state index contributed by atoms with van der Waals surface area (Å²) in [5.41, 5.74) is 3.19. The highest BCUT2D eigenvalue weighted by Crippen LogP contribution is 2.16. The van der Waals surface area contributed by atoms with E-state index in [4.69, 9.17) is 5.26 Å². The van der Waals surface area contributed by atoms with Crippen molar-refractivity contribution in [3.8, 4) is 6.07 Å². The van der Waals surface area contributed by atoms with Crippen molar-refractivity contribution >= 4 is 17.5 Å². The van der Waals surface area contributed by atoms with E-state index in [9.17, 15) is 4.79 Å². The van der Waals surface area contributed by atoms with Gasteiger partial charge in [-0.15, -0.1) is 0 Å². The molecule has 0 atom stereocenters. The van der Waals surface area contributed by atoms with E-state index in [2.05, 4.69) is 21.4 Å². The monoisotopic (exact) mass is 371 g/mol. The molecule has 0 aliphatic rings. The first-order valence-electron chi connectivity index (χ1n) is 9.05. The molecule has 0 spiro atoms. The van der Waals surface area contributed by atoms with Gasteiger partial charge in [-0.2, -0.15) is 5.26 Å². The molecule has 0 bridgehead atoms. The van der Waals surface area contributed by atoms with E-state index in [0.717, 1.165) is 5.56 Å². The van der Waals surface area contributed by atoms with Gasteiger partial charge in [-0.1, -0.05) is 36.4 Å². The minimum atomic E-state index is -0.336. The highest BCUT2D eigenvalue weighted by Gasteiger charge is 2.15. The molecule has 0 unspecified atom stereocenters. The van der Waals surface area contributed by atoms with E-state index in [1.807, 2.05) is 49.1 Å². The Balaban J connectivity index is 1.83. The minimum Gasteiger partial charge on any atom is -0.337 e. The van der Waals surface area contributed by atoms with Crippen LogP contribution in [0.3, 0.4) is 0 Å². The predicted octanol–water partition coefficient (Wildman–Crippen LogP) is 3.94. The Morgan fingerprint density at radius 2 is 1.89 bits per heavy atom. The number of nitriles is 1. The molecule has 3 aromatic rings. The summed E-state index contributed by atoms with van der Waals surface area (Å²) in [6.45, 7) is 5.24. The Kier molecular flexibility index (Phi) is 5.97. The number of carbonyl (C=O) groups excluding carboxylic acids is 1. The zero-order valence-electron chi connectivity index (χ0n) is 15.9. The lowest BCUT2D eigenvalue weighted by Crippen LogP contribution is -2.26. The molecule has 6 heteroatoms. The Morgan fingerprint density at radius 3 is 2.61 bits per heavy atom. The molecule has 1 amide bonds. The SMILES string of the molecule is CCN(Cc1ccccc1)c1nc(C)cc(C(=O)Nc2cccc(C#N)c2)n1. The van der Waals surface area contributed by atoms with E-state index < -0.39 is 0 Å². The lowest BCUT2D eigenvalue weighted by Gasteiger charge is -2.21. The molecule has 6 nitrogen and oxygen atoms in total. The Morgan fingerprint density at radius 1 is 1.11 bits per heavy atom. The van der Waals surface area contributed by atoms with Crippen LogP contribution in [-0.2, 0) is 6.54 Å². The number of hydrogen-bond donors (Lipinski definition) is 1. The summed E-state index contributed by atoms with van der Waals surface area (Å²) in [7, 11) is 0. The lowest BCUT2D eigenvalue weighted by molar-refractivity contribution is 0.102. The van der Waals surface area contributed by atoms with E-state index in [1.54, 1.807) is 30.3 Å². The largest absolute Gasteiger partial charge is 0.337 e. The smallest absolute Gasteiger partial charge is 0.274 e.